The molecule has 13 rings (SSSR count). The molecule has 5 heterocycles. The van der Waals surface area contributed by atoms with Gasteiger partial charge in [0.25, 0.3) is 0 Å². The van der Waals surface area contributed by atoms with E-state index in [1.165, 1.54) is 87.1 Å². The molecule has 4 nitrogen and oxygen atoms in total. The Bertz CT molecular complexity index is 3620. The summed E-state index contributed by atoms with van der Waals surface area (Å²) in [5, 5.41) is 12.2. The van der Waals surface area contributed by atoms with E-state index >= 15 is 0 Å². The van der Waals surface area contributed by atoms with Gasteiger partial charge >= 0.3 is 0 Å². The van der Waals surface area contributed by atoms with Crippen molar-refractivity contribution in [2.24, 2.45) is 0 Å². The fourth-order valence-corrected chi connectivity index (χ4v) is 9.58. The predicted octanol–water partition coefficient (Wildman–Crippen LogP) is 12.9. The number of nitrogens with zero attached hydrogens (tertiary/aromatic N) is 3. The van der Waals surface area contributed by atoms with Crippen LogP contribution in [0.5, 0.6) is 0 Å². The van der Waals surface area contributed by atoms with Gasteiger partial charge in [-0.25, -0.2) is 0 Å². The molecule has 52 heavy (non-hydrogen) atoms. The highest BCUT2D eigenvalue weighted by Gasteiger charge is 2.28. The van der Waals surface area contributed by atoms with Crippen molar-refractivity contribution in [3.63, 3.8) is 0 Å². The molecule has 8 aromatic carbocycles. The summed E-state index contributed by atoms with van der Waals surface area (Å²) in [4.78, 5) is 0. The van der Waals surface area contributed by atoms with Crippen LogP contribution in [0.1, 0.15) is 0 Å². The summed E-state index contributed by atoms with van der Waals surface area (Å²) in [7, 11) is 0. The molecule has 0 unspecified atom stereocenters. The smallest absolute Gasteiger partial charge is 0.136 e. The predicted molar refractivity (Wildman–Crippen MR) is 217 cm³/mol. The summed E-state index contributed by atoms with van der Waals surface area (Å²) in [5.74, 6) is 0. The summed E-state index contributed by atoms with van der Waals surface area (Å²) in [6.07, 6.45) is 0. The number of benzene rings is 8. The van der Waals surface area contributed by atoms with Crippen LogP contribution in [0.4, 0.5) is 0 Å². The number of rotatable bonds is 2. The average Bonchev–Trinajstić information content (AvgIpc) is 3.99. The number of furan rings is 1. The molecule has 0 aliphatic heterocycles. The van der Waals surface area contributed by atoms with Crippen LogP contribution >= 0.6 is 0 Å². The highest BCUT2D eigenvalue weighted by Crippen LogP contribution is 2.51. The third-order valence-corrected chi connectivity index (χ3v) is 11.5. The van der Waals surface area contributed by atoms with Gasteiger partial charge in [-0.1, -0.05) is 103 Å². The quantitative estimate of drug-likeness (QED) is 0.181. The molecular formula is C48H27N3O. The van der Waals surface area contributed by atoms with Gasteiger partial charge in [0.15, 0.2) is 0 Å². The van der Waals surface area contributed by atoms with Crippen LogP contribution in [0, 0.1) is 0 Å². The summed E-state index contributed by atoms with van der Waals surface area (Å²) < 4.78 is 14.3. The molecule has 13 aromatic rings. The second-order valence-corrected chi connectivity index (χ2v) is 14.0. The molecule has 5 aromatic heterocycles. The van der Waals surface area contributed by atoms with Crippen molar-refractivity contribution < 1.29 is 4.42 Å². The SMILES string of the molecule is c1ccc(-n2c3ccccc3c3ccc4c(c5cc6oc7ccccc7c6c6c7c8c(ccc7n4c56)c4ccccc4n8-c4ccccc4)c32)cc1. The first-order chi connectivity index (χ1) is 25.8. The molecule has 0 bridgehead atoms. The molecule has 0 aliphatic carbocycles. The van der Waals surface area contributed by atoms with E-state index in [1.54, 1.807) is 0 Å². The van der Waals surface area contributed by atoms with Gasteiger partial charge in [-0.3, -0.25) is 0 Å². The van der Waals surface area contributed by atoms with Gasteiger partial charge < -0.3 is 18.0 Å². The van der Waals surface area contributed by atoms with Crippen LogP contribution in [0.2, 0.25) is 0 Å². The fraction of sp³-hybridized carbons (Fsp3) is 0. The maximum atomic E-state index is 6.81. The van der Waals surface area contributed by atoms with E-state index in [-0.39, 0.29) is 0 Å². The Kier molecular flexibility index (Phi) is 4.83. The normalized spacial score (nSPS) is 12.6. The largest absolute Gasteiger partial charge is 0.456 e. The topological polar surface area (TPSA) is 27.4 Å². The summed E-state index contributed by atoms with van der Waals surface area (Å²) in [6, 6.07) is 59.4. The van der Waals surface area contributed by atoms with Gasteiger partial charge in [-0.15, -0.1) is 0 Å². The van der Waals surface area contributed by atoms with Crippen LogP contribution < -0.4 is 0 Å². The van der Waals surface area contributed by atoms with Crippen molar-refractivity contribution in [3.8, 4) is 11.4 Å². The summed E-state index contributed by atoms with van der Waals surface area (Å²) >= 11 is 0. The Morgan fingerprint density at radius 1 is 0.308 bits per heavy atom. The first-order valence-electron chi connectivity index (χ1n) is 17.9. The van der Waals surface area contributed by atoms with Crippen LogP contribution in [-0.2, 0) is 0 Å². The molecule has 0 atom stereocenters. The molecule has 0 N–H and O–H groups in total. The molecule has 240 valence electrons. The average molecular weight is 662 g/mol. The van der Waals surface area contributed by atoms with Crippen molar-refractivity contribution in [3.05, 3.63) is 164 Å². The lowest BCUT2D eigenvalue weighted by Crippen LogP contribution is -1.94. The highest BCUT2D eigenvalue weighted by molar-refractivity contribution is 6.41. The summed E-state index contributed by atoms with van der Waals surface area (Å²) in [6.45, 7) is 0. The third kappa shape index (κ3) is 3.11. The Hall–Kier alpha value is -7.04. The minimum Gasteiger partial charge on any atom is -0.456 e. The van der Waals surface area contributed by atoms with E-state index < -0.39 is 0 Å². The van der Waals surface area contributed by atoms with Crippen molar-refractivity contribution in [2.45, 2.75) is 0 Å². The molecule has 0 spiro atoms. The van der Waals surface area contributed by atoms with Crippen molar-refractivity contribution in [1.82, 2.24) is 13.5 Å². The number of hydrogen-bond acceptors (Lipinski definition) is 1. The van der Waals surface area contributed by atoms with Gasteiger partial charge in [0.05, 0.1) is 38.6 Å². The Labute approximate surface area is 295 Å². The van der Waals surface area contributed by atoms with E-state index in [2.05, 4.69) is 177 Å². The third-order valence-electron chi connectivity index (χ3n) is 11.5. The number of aromatic nitrogens is 3. The number of hydrogen-bond donors (Lipinski definition) is 0. The molecule has 4 heteroatoms. The first-order valence-corrected chi connectivity index (χ1v) is 17.9. The molecule has 0 saturated carbocycles. The zero-order valence-electron chi connectivity index (χ0n) is 27.8. The molecule has 0 saturated heterocycles. The monoisotopic (exact) mass is 661 g/mol. The molecule has 0 aliphatic rings. The fourth-order valence-electron chi connectivity index (χ4n) is 9.58. The van der Waals surface area contributed by atoms with Crippen LogP contribution in [-0.4, -0.2) is 13.5 Å². The molecule has 0 fully saturated rings. The Morgan fingerprint density at radius 3 is 1.46 bits per heavy atom. The van der Waals surface area contributed by atoms with E-state index in [0.717, 1.165) is 27.9 Å². The van der Waals surface area contributed by atoms with Gasteiger partial charge in [-0.05, 0) is 60.7 Å². The second-order valence-electron chi connectivity index (χ2n) is 14.0. The van der Waals surface area contributed by atoms with Gasteiger partial charge in [-0.2, -0.15) is 0 Å². The van der Waals surface area contributed by atoms with Crippen LogP contribution in [0.3, 0.4) is 0 Å². The first kappa shape index (κ1) is 26.8. The number of para-hydroxylation sites is 5. The maximum absolute atomic E-state index is 6.81. The van der Waals surface area contributed by atoms with Gasteiger partial charge in [0.2, 0.25) is 0 Å². The van der Waals surface area contributed by atoms with Crippen LogP contribution in [0.25, 0.3) is 115 Å². The lowest BCUT2D eigenvalue weighted by atomic mass is 9.99. The van der Waals surface area contributed by atoms with E-state index in [1.807, 2.05) is 0 Å². The highest BCUT2D eigenvalue weighted by atomic mass is 16.3. The van der Waals surface area contributed by atoms with Gasteiger partial charge in [0, 0.05) is 65.2 Å². The van der Waals surface area contributed by atoms with Gasteiger partial charge in [0.1, 0.15) is 11.2 Å². The molecule has 0 radical (unpaired) electrons. The van der Waals surface area contributed by atoms with E-state index in [4.69, 9.17) is 4.42 Å². The molecule has 0 amide bonds. The van der Waals surface area contributed by atoms with Crippen molar-refractivity contribution >= 4 is 104 Å². The van der Waals surface area contributed by atoms with E-state index in [9.17, 15) is 0 Å². The number of fused-ring (bicyclic) bond motifs is 18. The Balaban J connectivity index is 1.36. The lowest BCUT2D eigenvalue weighted by Gasteiger charge is -2.10. The van der Waals surface area contributed by atoms with E-state index in [0.29, 0.717) is 0 Å². The zero-order valence-corrected chi connectivity index (χ0v) is 27.8. The lowest BCUT2D eigenvalue weighted by molar-refractivity contribution is 0.669. The van der Waals surface area contributed by atoms with Crippen molar-refractivity contribution in [1.29, 1.82) is 0 Å². The standard InChI is InChI=1S/C48H27N3O/c1-3-13-28(14-4-1)49-36-20-10-7-17-30(36)32-23-25-38-42(46(32)49)35-27-41-43(34-19-9-12-22-40(34)52-41)45-44-39(51(38)48(35)45)26-24-33-31-18-8-11-21-37(31)50(47(33)44)29-15-5-2-6-16-29/h1-27H. The Morgan fingerprint density at radius 2 is 0.827 bits per heavy atom. The van der Waals surface area contributed by atoms with Crippen molar-refractivity contribution in [2.75, 3.05) is 0 Å². The zero-order chi connectivity index (χ0) is 33.7. The summed E-state index contributed by atoms with van der Waals surface area (Å²) in [5.41, 5.74) is 12.6. The minimum atomic E-state index is 0.907. The van der Waals surface area contributed by atoms with Crippen LogP contribution in [0.15, 0.2) is 168 Å². The second kappa shape index (κ2) is 9.39. The minimum absolute atomic E-state index is 0.907. The molecular weight excluding hydrogens is 635 g/mol. The maximum Gasteiger partial charge on any atom is 0.136 e.